The second-order valence-electron chi connectivity index (χ2n) is 4.78. The van der Waals surface area contributed by atoms with E-state index in [4.69, 9.17) is 0 Å². The van der Waals surface area contributed by atoms with E-state index in [1.54, 1.807) is 7.05 Å². The number of nitrogens with zero attached hydrogens (tertiary/aromatic N) is 2. The molecule has 1 atom stereocenters. The van der Waals surface area contributed by atoms with Crippen molar-refractivity contribution in [1.29, 1.82) is 0 Å². The average Bonchev–Trinajstić information content (AvgIpc) is 2.72. The number of β-amino-alcohol motifs (C(OH)–C–C–N with tert-alkyl or cyclic N) is 1. The van der Waals surface area contributed by atoms with Gasteiger partial charge in [0.15, 0.2) is 0 Å². The molecule has 2 N–H and O–H groups in total. The fraction of sp³-hybridized carbons (Fsp3) is 0.833. The van der Waals surface area contributed by atoms with Crippen molar-refractivity contribution in [2.75, 3.05) is 39.8 Å². The van der Waals surface area contributed by atoms with Crippen molar-refractivity contribution in [3.63, 3.8) is 0 Å². The van der Waals surface area contributed by atoms with E-state index in [2.05, 4.69) is 5.32 Å². The number of nitrogens with one attached hydrogen (secondary N) is 1. The minimum Gasteiger partial charge on any atom is -0.392 e. The molecule has 104 valence electrons. The number of likely N-dealkylation sites (tertiary alicyclic amines) is 1. The Morgan fingerprint density at radius 1 is 1.50 bits per heavy atom. The third-order valence-corrected chi connectivity index (χ3v) is 2.99. The Balaban J connectivity index is 2.26. The van der Waals surface area contributed by atoms with Crippen molar-refractivity contribution in [3.05, 3.63) is 0 Å². The minimum absolute atomic E-state index is 0.0873. The van der Waals surface area contributed by atoms with Gasteiger partial charge in [-0.15, -0.1) is 0 Å². The summed E-state index contributed by atoms with van der Waals surface area (Å²) in [4.78, 5) is 26.6. The number of rotatable bonds is 6. The van der Waals surface area contributed by atoms with Crippen molar-refractivity contribution in [3.8, 4) is 0 Å². The Morgan fingerprint density at radius 3 is 2.78 bits per heavy atom. The lowest BCUT2D eigenvalue weighted by molar-refractivity contribution is -0.135. The SMILES string of the molecule is CCCNC(=O)CN(C)C(=O)CN1CC[C@H](O)C1. The molecule has 1 heterocycles. The molecule has 0 radical (unpaired) electrons. The molecule has 1 saturated heterocycles. The maximum atomic E-state index is 11.8. The fourth-order valence-corrected chi connectivity index (χ4v) is 1.89. The van der Waals surface area contributed by atoms with Crippen molar-refractivity contribution in [2.24, 2.45) is 0 Å². The van der Waals surface area contributed by atoms with Gasteiger partial charge in [-0.05, 0) is 12.8 Å². The third kappa shape index (κ3) is 5.01. The zero-order chi connectivity index (χ0) is 13.5. The molecule has 1 rings (SSSR count). The van der Waals surface area contributed by atoms with E-state index in [-0.39, 0.29) is 31.0 Å². The van der Waals surface area contributed by atoms with E-state index in [0.29, 0.717) is 19.5 Å². The van der Waals surface area contributed by atoms with Gasteiger partial charge in [-0.3, -0.25) is 14.5 Å². The summed E-state index contributed by atoms with van der Waals surface area (Å²) in [5, 5.41) is 12.1. The highest BCUT2D eigenvalue weighted by Crippen LogP contribution is 2.08. The summed E-state index contributed by atoms with van der Waals surface area (Å²) < 4.78 is 0. The summed E-state index contributed by atoms with van der Waals surface area (Å²) in [5.74, 6) is -0.218. The quantitative estimate of drug-likeness (QED) is 0.643. The summed E-state index contributed by atoms with van der Waals surface area (Å²) in [5.41, 5.74) is 0. The number of hydrogen-bond acceptors (Lipinski definition) is 4. The van der Waals surface area contributed by atoms with Crippen molar-refractivity contribution in [2.45, 2.75) is 25.9 Å². The molecule has 0 bridgehead atoms. The predicted molar refractivity (Wildman–Crippen MR) is 68.0 cm³/mol. The normalized spacial score (nSPS) is 19.8. The van der Waals surface area contributed by atoms with E-state index in [1.807, 2.05) is 11.8 Å². The summed E-state index contributed by atoms with van der Waals surface area (Å²) in [7, 11) is 1.63. The molecular formula is C12H23N3O3. The van der Waals surface area contributed by atoms with Gasteiger partial charge in [-0.1, -0.05) is 6.92 Å². The van der Waals surface area contributed by atoms with E-state index in [1.165, 1.54) is 4.90 Å². The molecule has 6 nitrogen and oxygen atoms in total. The number of aliphatic hydroxyl groups excluding tert-OH is 1. The van der Waals surface area contributed by atoms with Crippen LogP contribution in [0.2, 0.25) is 0 Å². The van der Waals surface area contributed by atoms with Crippen LogP contribution in [0.4, 0.5) is 0 Å². The van der Waals surface area contributed by atoms with Gasteiger partial charge in [0.1, 0.15) is 0 Å². The highest BCUT2D eigenvalue weighted by atomic mass is 16.3. The van der Waals surface area contributed by atoms with Crippen LogP contribution in [-0.4, -0.2) is 72.6 Å². The van der Waals surface area contributed by atoms with Gasteiger partial charge < -0.3 is 15.3 Å². The first kappa shape index (κ1) is 14.9. The molecule has 0 spiro atoms. The zero-order valence-electron chi connectivity index (χ0n) is 11.2. The van der Waals surface area contributed by atoms with E-state index >= 15 is 0 Å². The fourth-order valence-electron chi connectivity index (χ4n) is 1.89. The standard InChI is InChI=1S/C12H23N3O3/c1-3-5-13-11(17)8-14(2)12(18)9-15-6-4-10(16)7-15/h10,16H,3-9H2,1-2H3,(H,13,17)/t10-/m0/s1. The summed E-state index contributed by atoms with van der Waals surface area (Å²) in [6.07, 6.45) is 1.28. The number of carbonyl (C=O) groups is 2. The highest BCUT2D eigenvalue weighted by molar-refractivity contribution is 5.85. The summed E-state index contributed by atoms with van der Waals surface area (Å²) in [6, 6.07) is 0. The Kier molecular flexibility index (Phi) is 6.07. The van der Waals surface area contributed by atoms with E-state index in [0.717, 1.165) is 13.0 Å². The molecule has 0 unspecified atom stereocenters. The molecule has 1 aliphatic rings. The van der Waals surface area contributed by atoms with Crippen molar-refractivity contribution < 1.29 is 14.7 Å². The average molecular weight is 257 g/mol. The monoisotopic (exact) mass is 257 g/mol. The van der Waals surface area contributed by atoms with Crippen LogP contribution in [0.5, 0.6) is 0 Å². The maximum absolute atomic E-state index is 11.8. The largest absolute Gasteiger partial charge is 0.392 e. The number of likely N-dealkylation sites (N-methyl/N-ethyl adjacent to an activating group) is 1. The van der Waals surface area contributed by atoms with Crippen molar-refractivity contribution in [1.82, 2.24) is 15.1 Å². The number of hydrogen-bond donors (Lipinski definition) is 2. The van der Waals surface area contributed by atoms with Gasteiger partial charge in [0.05, 0.1) is 19.2 Å². The Bertz CT molecular complexity index is 296. The van der Waals surface area contributed by atoms with E-state index < -0.39 is 0 Å². The summed E-state index contributed by atoms with van der Waals surface area (Å²) in [6.45, 7) is 4.27. The predicted octanol–water partition coefficient (Wildman–Crippen LogP) is -0.962. The molecule has 2 amide bonds. The topological polar surface area (TPSA) is 72.9 Å². The number of carbonyl (C=O) groups excluding carboxylic acids is 2. The highest BCUT2D eigenvalue weighted by Gasteiger charge is 2.23. The Hall–Kier alpha value is -1.14. The molecule has 0 aromatic rings. The first-order valence-corrected chi connectivity index (χ1v) is 6.44. The first-order valence-electron chi connectivity index (χ1n) is 6.44. The lowest BCUT2D eigenvalue weighted by Crippen LogP contribution is -2.43. The van der Waals surface area contributed by atoms with Crippen LogP contribution in [0.3, 0.4) is 0 Å². The van der Waals surface area contributed by atoms with Crippen molar-refractivity contribution >= 4 is 11.8 Å². The molecular weight excluding hydrogens is 234 g/mol. The van der Waals surface area contributed by atoms with Crippen LogP contribution in [0, 0.1) is 0 Å². The van der Waals surface area contributed by atoms with Gasteiger partial charge in [0.2, 0.25) is 11.8 Å². The van der Waals surface area contributed by atoms with Gasteiger partial charge in [-0.25, -0.2) is 0 Å². The van der Waals surface area contributed by atoms with Crippen LogP contribution >= 0.6 is 0 Å². The molecule has 0 aromatic carbocycles. The third-order valence-electron chi connectivity index (χ3n) is 2.99. The second kappa shape index (κ2) is 7.33. The molecule has 1 fully saturated rings. The number of aliphatic hydroxyl groups is 1. The molecule has 6 heteroatoms. The lowest BCUT2D eigenvalue weighted by Gasteiger charge is -2.20. The van der Waals surface area contributed by atoms with Crippen LogP contribution in [0.1, 0.15) is 19.8 Å². The van der Waals surface area contributed by atoms with Crippen LogP contribution in [-0.2, 0) is 9.59 Å². The van der Waals surface area contributed by atoms with Crippen LogP contribution in [0.15, 0.2) is 0 Å². The second-order valence-corrected chi connectivity index (χ2v) is 4.78. The van der Waals surface area contributed by atoms with Gasteiger partial charge in [-0.2, -0.15) is 0 Å². The molecule has 1 aliphatic heterocycles. The minimum atomic E-state index is -0.323. The number of amides is 2. The van der Waals surface area contributed by atoms with E-state index in [9.17, 15) is 14.7 Å². The molecule has 0 saturated carbocycles. The molecule has 0 aliphatic carbocycles. The zero-order valence-corrected chi connectivity index (χ0v) is 11.2. The smallest absolute Gasteiger partial charge is 0.239 e. The van der Waals surface area contributed by atoms with Gasteiger partial charge >= 0.3 is 0 Å². The molecule has 0 aromatic heterocycles. The van der Waals surface area contributed by atoms with Crippen LogP contribution < -0.4 is 5.32 Å². The molecule has 18 heavy (non-hydrogen) atoms. The first-order chi connectivity index (χ1) is 8.52. The lowest BCUT2D eigenvalue weighted by atomic mass is 10.3. The Morgan fingerprint density at radius 2 is 2.22 bits per heavy atom. The van der Waals surface area contributed by atoms with Gasteiger partial charge in [0, 0.05) is 26.7 Å². The Labute approximate surface area is 108 Å². The van der Waals surface area contributed by atoms with Crippen LogP contribution in [0.25, 0.3) is 0 Å². The summed E-state index contributed by atoms with van der Waals surface area (Å²) >= 11 is 0. The maximum Gasteiger partial charge on any atom is 0.239 e. The van der Waals surface area contributed by atoms with Gasteiger partial charge in [0.25, 0.3) is 0 Å².